The second-order valence-corrected chi connectivity index (χ2v) is 7.85. The molecule has 0 atom stereocenters. The van der Waals surface area contributed by atoms with Crippen LogP contribution >= 0.6 is 0 Å². The molecule has 1 fully saturated rings. The Hall–Kier alpha value is -3.96. The van der Waals surface area contributed by atoms with Crippen molar-refractivity contribution in [2.45, 2.75) is 6.54 Å². The van der Waals surface area contributed by atoms with E-state index in [2.05, 4.69) is 42.5 Å². The highest BCUT2D eigenvalue weighted by Gasteiger charge is 2.21. The summed E-state index contributed by atoms with van der Waals surface area (Å²) in [6, 6.07) is 6.18. The first-order valence-electron chi connectivity index (χ1n) is 10.9. The Morgan fingerprint density at radius 3 is 2.85 bits per heavy atom. The second kappa shape index (κ2) is 9.49. The molecule has 0 radical (unpaired) electrons. The number of anilines is 1. The van der Waals surface area contributed by atoms with E-state index in [-0.39, 0.29) is 5.56 Å². The van der Waals surface area contributed by atoms with Crippen molar-refractivity contribution in [2.75, 3.05) is 45.8 Å². The average molecular weight is 463 g/mol. The third kappa shape index (κ3) is 4.30. The van der Waals surface area contributed by atoms with Crippen molar-refractivity contribution >= 4 is 22.6 Å². The molecule has 5 rings (SSSR count). The van der Waals surface area contributed by atoms with Gasteiger partial charge in [-0.05, 0) is 17.7 Å². The summed E-state index contributed by atoms with van der Waals surface area (Å²) in [5.41, 5.74) is 4.11. The highest BCUT2D eigenvalue weighted by atomic mass is 16.5. The molecular weight excluding hydrogens is 438 g/mol. The van der Waals surface area contributed by atoms with E-state index >= 15 is 0 Å². The van der Waals surface area contributed by atoms with Gasteiger partial charge in [-0.3, -0.25) is 19.8 Å². The van der Waals surface area contributed by atoms with Gasteiger partial charge < -0.3 is 24.5 Å². The molecule has 0 aliphatic carbocycles. The van der Waals surface area contributed by atoms with E-state index in [1.165, 1.54) is 32.2 Å². The molecule has 34 heavy (non-hydrogen) atoms. The van der Waals surface area contributed by atoms with Crippen molar-refractivity contribution in [1.82, 2.24) is 30.0 Å². The summed E-state index contributed by atoms with van der Waals surface area (Å²) >= 11 is 0. The van der Waals surface area contributed by atoms with Gasteiger partial charge >= 0.3 is 0 Å². The number of amides is 1. The number of aromatic amines is 2. The number of ether oxygens (including phenoxy) is 3. The van der Waals surface area contributed by atoms with Crippen LogP contribution in [0.1, 0.15) is 15.9 Å². The fourth-order valence-corrected chi connectivity index (χ4v) is 3.98. The Morgan fingerprint density at radius 2 is 2.06 bits per heavy atom. The number of aromatic nitrogens is 5. The lowest BCUT2D eigenvalue weighted by molar-refractivity contribution is 0.0342. The number of nitrogens with zero attached hydrogens (tertiary/aromatic N) is 4. The fourth-order valence-electron chi connectivity index (χ4n) is 3.98. The summed E-state index contributed by atoms with van der Waals surface area (Å²) in [7, 11) is 2.96. The van der Waals surface area contributed by atoms with E-state index in [4.69, 9.17) is 19.2 Å². The lowest BCUT2D eigenvalue weighted by Gasteiger charge is -2.26. The van der Waals surface area contributed by atoms with Gasteiger partial charge in [-0.25, -0.2) is 4.98 Å². The van der Waals surface area contributed by atoms with Crippen molar-refractivity contribution < 1.29 is 19.0 Å². The lowest BCUT2D eigenvalue weighted by Crippen LogP contribution is -2.35. The average Bonchev–Trinajstić information content (AvgIpc) is 3.50. The molecule has 4 heterocycles. The SMILES string of the molecule is COc1cncc(C(=O)Nc2c[nH]nc2-c2nc3cc(CN4CCOCC4)ccc3[nH]2)c1OC. The molecule has 1 saturated heterocycles. The molecule has 1 aliphatic rings. The molecule has 3 N–H and O–H groups in total. The van der Waals surface area contributed by atoms with Crippen molar-refractivity contribution in [1.29, 1.82) is 0 Å². The van der Waals surface area contributed by atoms with Crippen molar-refractivity contribution in [2.24, 2.45) is 0 Å². The Labute approximate surface area is 195 Å². The van der Waals surface area contributed by atoms with E-state index in [0.29, 0.717) is 28.7 Å². The number of hydrogen-bond donors (Lipinski definition) is 3. The van der Waals surface area contributed by atoms with Crippen LogP contribution in [0.2, 0.25) is 0 Å². The molecule has 0 bridgehead atoms. The van der Waals surface area contributed by atoms with Gasteiger partial charge in [0.25, 0.3) is 5.91 Å². The molecule has 0 saturated carbocycles. The molecule has 0 spiro atoms. The van der Waals surface area contributed by atoms with Crippen LogP contribution in [-0.4, -0.2) is 76.5 Å². The number of H-pyrrole nitrogens is 2. The van der Waals surface area contributed by atoms with E-state index in [9.17, 15) is 4.79 Å². The summed E-state index contributed by atoms with van der Waals surface area (Å²) in [5, 5.41) is 9.95. The molecule has 11 heteroatoms. The van der Waals surface area contributed by atoms with Gasteiger partial charge in [0.15, 0.2) is 23.0 Å². The van der Waals surface area contributed by atoms with Crippen LogP contribution in [0, 0.1) is 0 Å². The smallest absolute Gasteiger partial charge is 0.261 e. The number of carbonyl (C=O) groups is 1. The molecule has 0 unspecified atom stereocenters. The van der Waals surface area contributed by atoms with Crippen molar-refractivity contribution in [3.63, 3.8) is 0 Å². The van der Waals surface area contributed by atoms with Crippen molar-refractivity contribution in [3.05, 3.63) is 47.9 Å². The zero-order valence-electron chi connectivity index (χ0n) is 18.9. The summed E-state index contributed by atoms with van der Waals surface area (Å²) in [6.07, 6.45) is 4.51. The molecule has 11 nitrogen and oxygen atoms in total. The van der Waals surface area contributed by atoms with E-state index < -0.39 is 5.91 Å². The number of rotatable bonds is 7. The van der Waals surface area contributed by atoms with Gasteiger partial charge in [0.05, 0.1) is 50.4 Å². The summed E-state index contributed by atoms with van der Waals surface area (Å²) < 4.78 is 16.0. The largest absolute Gasteiger partial charge is 0.492 e. The highest BCUT2D eigenvalue weighted by molar-refractivity contribution is 6.07. The minimum Gasteiger partial charge on any atom is -0.492 e. The maximum Gasteiger partial charge on any atom is 0.261 e. The zero-order valence-corrected chi connectivity index (χ0v) is 18.9. The van der Waals surface area contributed by atoms with E-state index in [1.807, 2.05) is 6.07 Å². The molecule has 4 aromatic rings. The first-order chi connectivity index (χ1) is 16.7. The number of methoxy groups -OCH3 is 2. The normalized spacial score (nSPS) is 14.3. The topological polar surface area (TPSA) is 130 Å². The van der Waals surface area contributed by atoms with Crippen LogP contribution in [0.4, 0.5) is 5.69 Å². The number of benzene rings is 1. The Bertz CT molecular complexity index is 1310. The Balaban J connectivity index is 1.38. The minimum atomic E-state index is -0.408. The number of pyridine rings is 1. The van der Waals surface area contributed by atoms with Crippen molar-refractivity contribution in [3.8, 4) is 23.0 Å². The van der Waals surface area contributed by atoms with Gasteiger partial charge in [0.1, 0.15) is 5.56 Å². The monoisotopic (exact) mass is 463 g/mol. The van der Waals surface area contributed by atoms with Crippen LogP contribution < -0.4 is 14.8 Å². The summed E-state index contributed by atoms with van der Waals surface area (Å²) in [5.74, 6) is 0.810. The first-order valence-corrected chi connectivity index (χ1v) is 10.9. The molecule has 1 amide bonds. The van der Waals surface area contributed by atoms with E-state index in [0.717, 1.165) is 43.9 Å². The maximum absolute atomic E-state index is 13.0. The third-order valence-electron chi connectivity index (χ3n) is 5.70. The number of morpholine rings is 1. The predicted molar refractivity (Wildman–Crippen MR) is 125 cm³/mol. The molecule has 176 valence electrons. The van der Waals surface area contributed by atoms with E-state index in [1.54, 1.807) is 6.20 Å². The summed E-state index contributed by atoms with van der Waals surface area (Å²) in [4.78, 5) is 27.4. The summed E-state index contributed by atoms with van der Waals surface area (Å²) in [6.45, 7) is 4.23. The number of fused-ring (bicyclic) bond motifs is 1. The highest BCUT2D eigenvalue weighted by Crippen LogP contribution is 2.31. The Kier molecular flexibility index (Phi) is 6.11. The molecule has 1 aromatic carbocycles. The Morgan fingerprint density at radius 1 is 1.21 bits per heavy atom. The van der Waals surface area contributed by atoms with Crippen LogP contribution in [0.25, 0.3) is 22.6 Å². The molecule has 3 aromatic heterocycles. The first kappa shape index (κ1) is 21.9. The number of hydrogen-bond acceptors (Lipinski definition) is 8. The second-order valence-electron chi connectivity index (χ2n) is 7.85. The molecular formula is C23H25N7O4. The quantitative estimate of drug-likeness (QED) is 0.381. The van der Waals surface area contributed by atoms with Crippen LogP contribution in [0.3, 0.4) is 0 Å². The van der Waals surface area contributed by atoms with Gasteiger partial charge in [-0.1, -0.05) is 6.07 Å². The van der Waals surface area contributed by atoms with Crippen LogP contribution in [-0.2, 0) is 11.3 Å². The fraction of sp³-hybridized carbons (Fsp3) is 0.304. The number of imidazole rings is 1. The number of nitrogens with one attached hydrogen (secondary N) is 3. The van der Waals surface area contributed by atoms with Gasteiger partial charge in [-0.15, -0.1) is 0 Å². The third-order valence-corrected chi connectivity index (χ3v) is 5.70. The predicted octanol–water partition coefficient (Wildman–Crippen LogP) is 2.45. The zero-order chi connectivity index (χ0) is 23.5. The lowest BCUT2D eigenvalue weighted by atomic mass is 10.2. The number of carbonyl (C=O) groups excluding carboxylic acids is 1. The van der Waals surface area contributed by atoms with Gasteiger partial charge in [0, 0.05) is 32.0 Å². The minimum absolute atomic E-state index is 0.242. The van der Waals surface area contributed by atoms with Crippen LogP contribution in [0.5, 0.6) is 11.5 Å². The van der Waals surface area contributed by atoms with Crippen LogP contribution in [0.15, 0.2) is 36.8 Å². The standard InChI is InChI=1S/C23H25N7O4/c1-32-19-12-24-10-15(21(19)33-2)23(31)28-18-11-25-29-20(18)22-26-16-4-3-14(9-17(16)27-22)13-30-5-7-34-8-6-30/h3-4,9-12H,5-8,13H2,1-2H3,(H,25,29)(H,26,27)(H,28,31). The van der Waals surface area contributed by atoms with Gasteiger partial charge in [0.2, 0.25) is 0 Å². The van der Waals surface area contributed by atoms with Gasteiger partial charge in [-0.2, -0.15) is 5.10 Å². The molecule has 1 aliphatic heterocycles. The maximum atomic E-state index is 13.0.